The molecule has 0 unspecified atom stereocenters. The fourth-order valence-corrected chi connectivity index (χ4v) is 2.14. The summed E-state index contributed by atoms with van der Waals surface area (Å²) in [6.07, 6.45) is 3.43. The summed E-state index contributed by atoms with van der Waals surface area (Å²) in [5, 5.41) is 11.9. The summed E-state index contributed by atoms with van der Waals surface area (Å²) in [5.74, 6) is 0.345. The second-order valence-corrected chi connectivity index (χ2v) is 4.73. The molecule has 1 aromatic rings. The van der Waals surface area contributed by atoms with E-state index >= 15 is 0 Å². The van der Waals surface area contributed by atoms with Crippen LogP contribution in [0.3, 0.4) is 0 Å². The highest BCUT2D eigenvalue weighted by molar-refractivity contribution is 5.89. The van der Waals surface area contributed by atoms with Gasteiger partial charge >= 0.3 is 6.03 Å². The van der Waals surface area contributed by atoms with Crippen molar-refractivity contribution in [3.63, 3.8) is 0 Å². The lowest BCUT2D eigenvalue weighted by Gasteiger charge is -2.31. The third-order valence-electron chi connectivity index (χ3n) is 3.31. The minimum absolute atomic E-state index is 0.0722. The molecule has 2 amide bonds. The molecule has 1 fully saturated rings. The summed E-state index contributed by atoms with van der Waals surface area (Å²) in [7, 11) is 0. The molecule has 0 aromatic carbocycles. The molecule has 5 nitrogen and oxygen atoms in total. The Morgan fingerprint density at radius 2 is 2.28 bits per heavy atom. The molecule has 0 atom stereocenters. The zero-order valence-corrected chi connectivity index (χ0v) is 10.6. The smallest absolute Gasteiger partial charge is 0.321 e. The Balaban J connectivity index is 1.89. The number of anilines is 1. The number of hydrogen-bond acceptors (Lipinski definition) is 3. The molecule has 0 spiro atoms. The van der Waals surface area contributed by atoms with Crippen molar-refractivity contribution in [1.29, 1.82) is 0 Å². The first-order valence-corrected chi connectivity index (χ1v) is 6.28. The van der Waals surface area contributed by atoms with Gasteiger partial charge in [-0.05, 0) is 37.8 Å². The number of pyridine rings is 1. The SMILES string of the molecule is Cc1cc(NC(=O)N2CCC(CO)CC2)ccn1. The predicted molar refractivity (Wildman–Crippen MR) is 69.4 cm³/mol. The third kappa shape index (κ3) is 3.20. The van der Waals surface area contributed by atoms with Gasteiger partial charge in [0.15, 0.2) is 0 Å². The summed E-state index contributed by atoms with van der Waals surface area (Å²) in [5.41, 5.74) is 1.66. The number of piperidine rings is 1. The van der Waals surface area contributed by atoms with Crippen molar-refractivity contribution in [3.8, 4) is 0 Å². The number of rotatable bonds is 2. The molecule has 1 saturated heterocycles. The summed E-state index contributed by atoms with van der Waals surface area (Å²) in [6.45, 7) is 3.53. The first kappa shape index (κ1) is 12.8. The number of amides is 2. The number of carbonyl (C=O) groups is 1. The van der Waals surface area contributed by atoms with Gasteiger partial charge in [0.2, 0.25) is 0 Å². The van der Waals surface area contributed by atoms with E-state index < -0.39 is 0 Å². The zero-order valence-electron chi connectivity index (χ0n) is 10.6. The van der Waals surface area contributed by atoms with Crippen molar-refractivity contribution in [1.82, 2.24) is 9.88 Å². The molecule has 0 saturated carbocycles. The van der Waals surface area contributed by atoms with Gasteiger partial charge in [0.1, 0.15) is 0 Å². The van der Waals surface area contributed by atoms with E-state index in [2.05, 4.69) is 10.3 Å². The monoisotopic (exact) mass is 249 g/mol. The highest BCUT2D eigenvalue weighted by Crippen LogP contribution is 2.17. The van der Waals surface area contributed by atoms with Crippen molar-refractivity contribution >= 4 is 11.7 Å². The van der Waals surface area contributed by atoms with Crippen LogP contribution in [0.5, 0.6) is 0 Å². The Labute approximate surface area is 107 Å². The summed E-state index contributed by atoms with van der Waals surface area (Å²) in [6, 6.07) is 3.56. The van der Waals surface area contributed by atoms with E-state index in [0.29, 0.717) is 19.0 Å². The Kier molecular flexibility index (Phi) is 4.15. The molecule has 0 aliphatic carbocycles. The van der Waals surface area contributed by atoms with Crippen LogP contribution in [0.15, 0.2) is 18.3 Å². The number of urea groups is 1. The number of aliphatic hydroxyl groups is 1. The van der Waals surface area contributed by atoms with E-state index in [0.717, 1.165) is 24.2 Å². The number of aliphatic hydroxyl groups excluding tert-OH is 1. The molecular formula is C13H19N3O2. The minimum atomic E-state index is -0.0722. The third-order valence-corrected chi connectivity index (χ3v) is 3.31. The first-order chi connectivity index (χ1) is 8.69. The number of aromatic nitrogens is 1. The van der Waals surface area contributed by atoms with E-state index in [4.69, 9.17) is 5.11 Å². The topological polar surface area (TPSA) is 65.5 Å². The number of hydrogen-bond donors (Lipinski definition) is 2. The first-order valence-electron chi connectivity index (χ1n) is 6.28. The Hall–Kier alpha value is -1.62. The average molecular weight is 249 g/mol. The van der Waals surface area contributed by atoms with Gasteiger partial charge in [-0.2, -0.15) is 0 Å². The molecule has 1 aliphatic heterocycles. The highest BCUT2D eigenvalue weighted by atomic mass is 16.3. The van der Waals surface area contributed by atoms with Gasteiger partial charge in [-0.15, -0.1) is 0 Å². The van der Waals surface area contributed by atoms with Crippen LogP contribution >= 0.6 is 0 Å². The van der Waals surface area contributed by atoms with Crippen LogP contribution in [-0.4, -0.2) is 40.7 Å². The number of likely N-dealkylation sites (tertiary alicyclic amines) is 1. The van der Waals surface area contributed by atoms with Crippen LogP contribution < -0.4 is 5.32 Å². The van der Waals surface area contributed by atoms with Gasteiger partial charge in [0, 0.05) is 37.3 Å². The van der Waals surface area contributed by atoms with Crippen molar-refractivity contribution in [2.45, 2.75) is 19.8 Å². The van der Waals surface area contributed by atoms with Gasteiger partial charge in [0.25, 0.3) is 0 Å². The second-order valence-electron chi connectivity index (χ2n) is 4.73. The van der Waals surface area contributed by atoms with E-state index in [1.54, 1.807) is 17.2 Å². The fourth-order valence-electron chi connectivity index (χ4n) is 2.14. The normalized spacial score (nSPS) is 16.7. The van der Waals surface area contributed by atoms with Crippen molar-refractivity contribution in [3.05, 3.63) is 24.0 Å². The lowest BCUT2D eigenvalue weighted by atomic mass is 9.98. The molecule has 5 heteroatoms. The zero-order chi connectivity index (χ0) is 13.0. The van der Waals surface area contributed by atoms with E-state index in [1.165, 1.54) is 0 Å². The molecule has 1 aliphatic rings. The Morgan fingerprint density at radius 1 is 1.56 bits per heavy atom. The molecule has 18 heavy (non-hydrogen) atoms. The molecule has 98 valence electrons. The molecule has 2 rings (SSSR count). The Morgan fingerprint density at radius 3 is 2.89 bits per heavy atom. The standard InChI is InChI=1S/C13H19N3O2/c1-10-8-12(2-5-14-10)15-13(18)16-6-3-11(9-17)4-7-16/h2,5,8,11,17H,3-4,6-7,9H2,1H3,(H,14,15,18). The number of nitrogens with one attached hydrogen (secondary N) is 1. The van der Waals surface area contributed by atoms with Gasteiger partial charge in [-0.1, -0.05) is 0 Å². The maximum Gasteiger partial charge on any atom is 0.321 e. The lowest BCUT2D eigenvalue weighted by Crippen LogP contribution is -2.41. The lowest BCUT2D eigenvalue weighted by molar-refractivity contribution is 0.143. The molecule has 2 N–H and O–H groups in total. The number of aryl methyl sites for hydroxylation is 1. The van der Waals surface area contributed by atoms with Gasteiger partial charge < -0.3 is 15.3 Å². The van der Waals surface area contributed by atoms with Crippen molar-refractivity contribution in [2.24, 2.45) is 5.92 Å². The molecule has 1 aromatic heterocycles. The number of nitrogens with zero attached hydrogens (tertiary/aromatic N) is 2. The van der Waals surface area contributed by atoms with Crippen LogP contribution in [0.4, 0.5) is 10.5 Å². The van der Waals surface area contributed by atoms with E-state index in [9.17, 15) is 4.79 Å². The maximum absolute atomic E-state index is 12.0. The Bertz CT molecular complexity index is 414. The molecule has 0 radical (unpaired) electrons. The summed E-state index contributed by atoms with van der Waals surface area (Å²) >= 11 is 0. The quantitative estimate of drug-likeness (QED) is 0.837. The van der Waals surface area contributed by atoms with Crippen LogP contribution in [-0.2, 0) is 0 Å². The minimum Gasteiger partial charge on any atom is -0.396 e. The van der Waals surface area contributed by atoms with Crippen LogP contribution in [0, 0.1) is 12.8 Å². The van der Waals surface area contributed by atoms with Crippen molar-refractivity contribution in [2.75, 3.05) is 25.0 Å². The maximum atomic E-state index is 12.0. The summed E-state index contributed by atoms with van der Waals surface area (Å²) < 4.78 is 0. The van der Waals surface area contributed by atoms with E-state index in [-0.39, 0.29) is 12.6 Å². The van der Waals surface area contributed by atoms with E-state index in [1.807, 2.05) is 13.0 Å². The number of carbonyl (C=O) groups excluding carboxylic acids is 1. The molecule has 2 heterocycles. The largest absolute Gasteiger partial charge is 0.396 e. The van der Waals surface area contributed by atoms with Gasteiger partial charge in [-0.3, -0.25) is 4.98 Å². The van der Waals surface area contributed by atoms with Crippen molar-refractivity contribution < 1.29 is 9.90 Å². The van der Waals surface area contributed by atoms with Gasteiger partial charge in [0.05, 0.1) is 0 Å². The summed E-state index contributed by atoms with van der Waals surface area (Å²) in [4.78, 5) is 17.9. The highest BCUT2D eigenvalue weighted by Gasteiger charge is 2.22. The fraction of sp³-hybridized carbons (Fsp3) is 0.538. The average Bonchev–Trinajstić information content (AvgIpc) is 2.39. The molecular weight excluding hydrogens is 230 g/mol. The molecule has 0 bridgehead atoms. The van der Waals surface area contributed by atoms with Crippen LogP contribution in [0.1, 0.15) is 18.5 Å². The van der Waals surface area contributed by atoms with Crippen LogP contribution in [0.2, 0.25) is 0 Å². The van der Waals surface area contributed by atoms with Gasteiger partial charge in [-0.25, -0.2) is 4.79 Å². The second kappa shape index (κ2) is 5.82. The van der Waals surface area contributed by atoms with Crippen LogP contribution in [0.25, 0.3) is 0 Å². The predicted octanol–water partition coefficient (Wildman–Crippen LogP) is 1.63.